The smallest absolute Gasteiger partial charge is 0.202 e. The van der Waals surface area contributed by atoms with Crippen molar-refractivity contribution in [2.75, 3.05) is 5.73 Å². The fraction of sp³-hybridized carbons (Fsp3) is 0.0909. The average Bonchev–Trinajstić information content (AvgIpc) is 2.84. The van der Waals surface area contributed by atoms with Gasteiger partial charge in [0.1, 0.15) is 5.52 Å². The molecule has 0 aliphatic rings. The molecule has 18 heavy (non-hydrogen) atoms. The molecular formula is C11H8BrClN4S. The van der Waals surface area contributed by atoms with Crippen molar-refractivity contribution >= 4 is 56.0 Å². The van der Waals surface area contributed by atoms with Gasteiger partial charge in [0.2, 0.25) is 5.95 Å². The number of pyridine rings is 1. The zero-order valence-electron chi connectivity index (χ0n) is 9.10. The fourth-order valence-corrected chi connectivity index (χ4v) is 3.15. The highest BCUT2D eigenvalue weighted by molar-refractivity contribution is 9.10. The molecular weight excluding hydrogens is 336 g/mol. The van der Waals surface area contributed by atoms with Crippen LogP contribution in [0.2, 0.25) is 4.34 Å². The van der Waals surface area contributed by atoms with Gasteiger partial charge in [-0.05, 0) is 34.1 Å². The van der Waals surface area contributed by atoms with E-state index in [2.05, 4.69) is 25.9 Å². The molecule has 7 heteroatoms. The van der Waals surface area contributed by atoms with Crippen LogP contribution in [0.4, 0.5) is 5.95 Å². The van der Waals surface area contributed by atoms with E-state index in [9.17, 15) is 0 Å². The molecule has 0 unspecified atom stereocenters. The van der Waals surface area contributed by atoms with Crippen molar-refractivity contribution in [1.29, 1.82) is 0 Å². The highest BCUT2D eigenvalue weighted by Gasteiger charge is 2.11. The second kappa shape index (κ2) is 4.53. The Hall–Kier alpha value is -1.11. The molecule has 0 aromatic carbocycles. The van der Waals surface area contributed by atoms with Crippen LogP contribution in [0.15, 0.2) is 28.9 Å². The van der Waals surface area contributed by atoms with Crippen LogP contribution in [0.5, 0.6) is 0 Å². The quantitative estimate of drug-likeness (QED) is 0.774. The summed E-state index contributed by atoms with van der Waals surface area (Å²) in [5.74, 6) is 0.458. The topological polar surface area (TPSA) is 56.7 Å². The number of hydrogen-bond acceptors (Lipinski definition) is 4. The van der Waals surface area contributed by atoms with E-state index in [1.165, 1.54) is 11.3 Å². The van der Waals surface area contributed by atoms with E-state index in [4.69, 9.17) is 17.3 Å². The number of hydrogen-bond donors (Lipinski definition) is 1. The van der Waals surface area contributed by atoms with Gasteiger partial charge in [0.25, 0.3) is 0 Å². The van der Waals surface area contributed by atoms with Gasteiger partial charge < -0.3 is 5.73 Å². The summed E-state index contributed by atoms with van der Waals surface area (Å²) in [6, 6.07) is 5.76. The van der Waals surface area contributed by atoms with E-state index in [0.717, 1.165) is 24.9 Å². The largest absolute Gasteiger partial charge is 0.369 e. The van der Waals surface area contributed by atoms with Crippen LogP contribution < -0.4 is 5.73 Å². The normalized spacial score (nSPS) is 11.2. The van der Waals surface area contributed by atoms with Crippen molar-refractivity contribution in [3.05, 3.63) is 38.1 Å². The van der Waals surface area contributed by atoms with Crippen molar-refractivity contribution in [2.24, 2.45) is 0 Å². The molecule has 4 nitrogen and oxygen atoms in total. The van der Waals surface area contributed by atoms with Gasteiger partial charge in [-0.3, -0.25) is 4.57 Å². The Balaban J connectivity index is 2.08. The zero-order valence-corrected chi connectivity index (χ0v) is 12.3. The number of anilines is 1. The number of thiophene rings is 1. The summed E-state index contributed by atoms with van der Waals surface area (Å²) >= 11 is 10.8. The van der Waals surface area contributed by atoms with Crippen LogP contribution in [-0.4, -0.2) is 14.5 Å². The lowest BCUT2D eigenvalue weighted by Gasteiger charge is -2.03. The van der Waals surface area contributed by atoms with Crippen molar-refractivity contribution < 1.29 is 0 Å². The average molecular weight is 344 g/mol. The first-order valence-electron chi connectivity index (χ1n) is 5.15. The van der Waals surface area contributed by atoms with Gasteiger partial charge in [-0.15, -0.1) is 11.3 Å². The van der Waals surface area contributed by atoms with Crippen LogP contribution in [0.1, 0.15) is 4.88 Å². The summed E-state index contributed by atoms with van der Waals surface area (Å²) in [6.45, 7) is 0.633. The van der Waals surface area contributed by atoms with Crippen molar-refractivity contribution in [3.8, 4) is 0 Å². The molecule has 0 bridgehead atoms. The first-order valence-corrected chi connectivity index (χ1v) is 7.14. The summed E-state index contributed by atoms with van der Waals surface area (Å²) in [6.07, 6.45) is 1.74. The third-order valence-electron chi connectivity index (χ3n) is 2.52. The first kappa shape index (κ1) is 12.0. The first-order chi connectivity index (χ1) is 8.63. The fourth-order valence-electron chi connectivity index (χ4n) is 1.75. The standard InChI is InChI=1S/C11H8BrClN4S/c12-6-3-8-10(15-4-6)17(11(14)16-8)5-7-1-2-9(13)18-7/h1-4H,5H2,(H2,14,16). The van der Waals surface area contributed by atoms with E-state index in [-0.39, 0.29) is 0 Å². The van der Waals surface area contributed by atoms with Crippen molar-refractivity contribution in [3.63, 3.8) is 0 Å². The minimum atomic E-state index is 0.458. The Morgan fingerprint density at radius 3 is 3.00 bits per heavy atom. The number of fused-ring (bicyclic) bond motifs is 1. The Kier molecular flexibility index (Phi) is 3.01. The van der Waals surface area contributed by atoms with Gasteiger partial charge in [0.15, 0.2) is 5.65 Å². The molecule has 0 aliphatic carbocycles. The maximum atomic E-state index is 5.93. The molecule has 0 aliphatic heterocycles. The molecule has 0 spiro atoms. The molecule has 0 saturated heterocycles. The van der Waals surface area contributed by atoms with Gasteiger partial charge >= 0.3 is 0 Å². The Bertz CT molecular complexity index is 721. The molecule has 2 N–H and O–H groups in total. The molecule has 0 atom stereocenters. The van der Waals surface area contributed by atoms with Crippen molar-refractivity contribution in [2.45, 2.75) is 6.54 Å². The third-order valence-corrected chi connectivity index (χ3v) is 4.17. The van der Waals surface area contributed by atoms with Crippen LogP contribution in [0.3, 0.4) is 0 Å². The summed E-state index contributed by atoms with van der Waals surface area (Å²) in [5, 5.41) is 0. The lowest BCUT2D eigenvalue weighted by atomic mass is 10.4. The maximum absolute atomic E-state index is 5.93. The van der Waals surface area contributed by atoms with E-state index >= 15 is 0 Å². The number of aromatic nitrogens is 3. The van der Waals surface area contributed by atoms with Gasteiger partial charge in [-0.1, -0.05) is 11.6 Å². The molecule has 3 aromatic rings. The van der Waals surface area contributed by atoms with Crippen molar-refractivity contribution in [1.82, 2.24) is 14.5 Å². The highest BCUT2D eigenvalue weighted by atomic mass is 79.9. The van der Waals surface area contributed by atoms with E-state index in [0.29, 0.717) is 12.5 Å². The number of rotatable bonds is 2. The Morgan fingerprint density at radius 2 is 2.28 bits per heavy atom. The molecule has 0 radical (unpaired) electrons. The number of nitrogen functional groups attached to an aromatic ring is 1. The van der Waals surface area contributed by atoms with Gasteiger partial charge in [0.05, 0.1) is 10.9 Å². The SMILES string of the molecule is Nc1nc2cc(Br)cnc2n1Cc1ccc(Cl)s1. The van der Waals surface area contributed by atoms with Gasteiger partial charge in [-0.25, -0.2) is 9.97 Å². The van der Waals surface area contributed by atoms with E-state index in [1.54, 1.807) is 6.20 Å². The molecule has 0 saturated carbocycles. The summed E-state index contributed by atoms with van der Waals surface area (Å²) in [4.78, 5) is 9.77. The molecule has 3 rings (SSSR count). The van der Waals surface area contributed by atoms with E-state index in [1.807, 2.05) is 22.8 Å². The second-order valence-electron chi connectivity index (χ2n) is 3.76. The van der Waals surface area contributed by atoms with E-state index < -0.39 is 0 Å². The number of nitrogens with zero attached hydrogens (tertiary/aromatic N) is 3. The van der Waals surface area contributed by atoms with Crippen LogP contribution in [0.25, 0.3) is 11.2 Å². The van der Waals surface area contributed by atoms with Gasteiger partial charge in [-0.2, -0.15) is 0 Å². The number of nitrogens with two attached hydrogens (primary N) is 1. The predicted octanol–water partition coefficient (Wildman–Crippen LogP) is 3.54. The minimum absolute atomic E-state index is 0.458. The maximum Gasteiger partial charge on any atom is 0.202 e. The molecule has 3 aromatic heterocycles. The third kappa shape index (κ3) is 2.11. The monoisotopic (exact) mass is 342 g/mol. The Morgan fingerprint density at radius 1 is 1.44 bits per heavy atom. The predicted molar refractivity (Wildman–Crippen MR) is 78.1 cm³/mol. The number of halogens is 2. The number of imidazole rings is 1. The summed E-state index contributed by atoms with van der Waals surface area (Å²) in [5.41, 5.74) is 7.49. The lowest BCUT2D eigenvalue weighted by molar-refractivity contribution is 0.841. The molecule has 0 fully saturated rings. The second-order valence-corrected chi connectivity index (χ2v) is 6.47. The Labute approximate surface area is 121 Å². The molecule has 3 heterocycles. The van der Waals surface area contributed by atoms with Crippen LogP contribution in [-0.2, 0) is 6.54 Å². The minimum Gasteiger partial charge on any atom is -0.369 e. The molecule has 92 valence electrons. The van der Waals surface area contributed by atoms with Crippen LogP contribution >= 0.6 is 38.9 Å². The summed E-state index contributed by atoms with van der Waals surface area (Å²) in [7, 11) is 0. The van der Waals surface area contributed by atoms with Gasteiger partial charge in [0, 0.05) is 15.5 Å². The van der Waals surface area contributed by atoms with Crippen LogP contribution in [0, 0.1) is 0 Å². The molecule has 0 amide bonds. The zero-order chi connectivity index (χ0) is 12.7. The highest BCUT2D eigenvalue weighted by Crippen LogP contribution is 2.25. The lowest BCUT2D eigenvalue weighted by Crippen LogP contribution is -2.04. The summed E-state index contributed by atoms with van der Waals surface area (Å²) < 4.78 is 3.53.